The van der Waals surface area contributed by atoms with Gasteiger partial charge in [0.15, 0.2) is 0 Å². The number of nitrogens with zero attached hydrogens (tertiary/aromatic N) is 1. The summed E-state index contributed by atoms with van der Waals surface area (Å²) in [7, 11) is 0. The van der Waals surface area contributed by atoms with Gasteiger partial charge in [0.05, 0.1) is 5.02 Å². The molecule has 0 aliphatic carbocycles. The van der Waals surface area contributed by atoms with Crippen LogP contribution >= 0.6 is 11.6 Å². The number of rotatable bonds is 2. The Labute approximate surface area is 89.7 Å². The van der Waals surface area contributed by atoms with Crippen LogP contribution in [0, 0.1) is 5.92 Å². The van der Waals surface area contributed by atoms with E-state index in [1.54, 1.807) is 6.20 Å². The average Bonchev–Trinajstić information content (AvgIpc) is 2.23. The van der Waals surface area contributed by atoms with Crippen LogP contribution in [0.2, 0.25) is 5.02 Å². The molecule has 0 spiro atoms. The molecule has 3 heteroatoms. The highest BCUT2D eigenvalue weighted by molar-refractivity contribution is 6.31. The van der Waals surface area contributed by atoms with Crippen molar-refractivity contribution in [3.8, 4) is 0 Å². The smallest absolute Gasteiger partial charge is 0.0621 e. The summed E-state index contributed by atoms with van der Waals surface area (Å²) >= 11 is 6.06. The Kier molecular flexibility index (Phi) is 3.38. The maximum absolute atomic E-state index is 6.06. The van der Waals surface area contributed by atoms with Crippen molar-refractivity contribution in [3.05, 3.63) is 29.0 Å². The molecule has 2 rings (SSSR count). The first-order valence-corrected chi connectivity index (χ1v) is 5.53. The summed E-state index contributed by atoms with van der Waals surface area (Å²) in [6.45, 7) is 2.29. The van der Waals surface area contributed by atoms with Crippen LogP contribution < -0.4 is 5.32 Å². The molecule has 0 radical (unpaired) electrons. The lowest BCUT2D eigenvalue weighted by atomic mass is 9.93. The SMILES string of the molecule is Clc1cnccc1CC1CCCNC1. The van der Waals surface area contributed by atoms with E-state index in [1.165, 1.54) is 24.9 Å². The molecule has 1 atom stereocenters. The molecule has 1 aliphatic rings. The Morgan fingerprint density at radius 2 is 2.50 bits per heavy atom. The second kappa shape index (κ2) is 4.76. The zero-order chi connectivity index (χ0) is 9.80. The molecule has 1 saturated heterocycles. The van der Waals surface area contributed by atoms with E-state index in [1.807, 2.05) is 12.3 Å². The van der Waals surface area contributed by atoms with Crippen molar-refractivity contribution in [1.82, 2.24) is 10.3 Å². The summed E-state index contributed by atoms with van der Waals surface area (Å²) in [4.78, 5) is 3.99. The number of nitrogens with one attached hydrogen (secondary N) is 1. The molecule has 76 valence electrons. The first kappa shape index (κ1) is 9.94. The highest BCUT2D eigenvalue weighted by Crippen LogP contribution is 2.21. The highest BCUT2D eigenvalue weighted by Gasteiger charge is 2.14. The second-order valence-corrected chi connectivity index (χ2v) is 4.29. The Balaban J connectivity index is 1.99. The summed E-state index contributed by atoms with van der Waals surface area (Å²) < 4.78 is 0. The molecule has 0 aromatic carbocycles. The summed E-state index contributed by atoms with van der Waals surface area (Å²) in [5.74, 6) is 0.739. The van der Waals surface area contributed by atoms with Crippen LogP contribution in [0.1, 0.15) is 18.4 Å². The third kappa shape index (κ3) is 2.46. The third-order valence-electron chi connectivity index (χ3n) is 2.76. The van der Waals surface area contributed by atoms with Gasteiger partial charge in [-0.1, -0.05) is 11.6 Å². The molecule has 1 aromatic heterocycles. The minimum atomic E-state index is 0.739. The predicted octanol–water partition coefficient (Wildman–Crippen LogP) is 2.28. The maximum atomic E-state index is 6.06. The van der Waals surface area contributed by atoms with E-state index in [9.17, 15) is 0 Å². The Bertz CT molecular complexity index is 295. The van der Waals surface area contributed by atoms with Gasteiger partial charge in [-0.05, 0) is 49.9 Å². The van der Waals surface area contributed by atoms with Gasteiger partial charge >= 0.3 is 0 Å². The maximum Gasteiger partial charge on any atom is 0.0621 e. The van der Waals surface area contributed by atoms with E-state index < -0.39 is 0 Å². The number of piperidine rings is 1. The summed E-state index contributed by atoms with van der Waals surface area (Å²) in [6.07, 6.45) is 7.22. The predicted molar refractivity (Wildman–Crippen MR) is 58.5 cm³/mol. The molecule has 14 heavy (non-hydrogen) atoms. The molecule has 1 unspecified atom stereocenters. The summed E-state index contributed by atoms with van der Waals surface area (Å²) in [6, 6.07) is 2.02. The lowest BCUT2D eigenvalue weighted by molar-refractivity contribution is 0.376. The highest BCUT2D eigenvalue weighted by atomic mass is 35.5. The van der Waals surface area contributed by atoms with Crippen molar-refractivity contribution in [3.63, 3.8) is 0 Å². The minimum Gasteiger partial charge on any atom is -0.316 e. The van der Waals surface area contributed by atoms with Crippen LogP contribution in [0.25, 0.3) is 0 Å². The largest absolute Gasteiger partial charge is 0.316 e. The molecule has 1 aromatic rings. The van der Waals surface area contributed by atoms with E-state index in [-0.39, 0.29) is 0 Å². The standard InChI is InChI=1S/C11H15ClN2/c12-11-8-14-5-3-10(11)6-9-2-1-4-13-7-9/h3,5,8-9,13H,1-2,4,6-7H2. The Hall–Kier alpha value is -0.600. The number of halogens is 1. The fraction of sp³-hybridized carbons (Fsp3) is 0.545. The topological polar surface area (TPSA) is 24.9 Å². The van der Waals surface area contributed by atoms with E-state index >= 15 is 0 Å². The van der Waals surface area contributed by atoms with Crippen LogP contribution in [0.15, 0.2) is 18.5 Å². The molecule has 1 aliphatic heterocycles. The monoisotopic (exact) mass is 210 g/mol. The fourth-order valence-electron chi connectivity index (χ4n) is 1.98. The zero-order valence-electron chi connectivity index (χ0n) is 8.17. The van der Waals surface area contributed by atoms with Crippen molar-refractivity contribution < 1.29 is 0 Å². The van der Waals surface area contributed by atoms with Crippen LogP contribution in [0.3, 0.4) is 0 Å². The molecule has 1 fully saturated rings. The van der Waals surface area contributed by atoms with Crippen molar-refractivity contribution in [1.29, 1.82) is 0 Å². The third-order valence-corrected chi connectivity index (χ3v) is 3.10. The number of hydrogen-bond donors (Lipinski definition) is 1. The van der Waals surface area contributed by atoms with Gasteiger partial charge in [0.1, 0.15) is 0 Å². The normalized spacial score (nSPS) is 22.2. The van der Waals surface area contributed by atoms with Gasteiger partial charge in [-0.15, -0.1) is 0 Å². The van der Waals surface area contributed by atoms with Gasteiger partial charge in [0, 0.05) is 12.4 Å². The first-order valence-electron chi connectivity index (χ1n) is 5.15. The van der Waals surface area contributed by atoms with Gasteiger partial charge in [0.25, 0.3) is 0 Å². The molecule has 0 saturated carbocycles. The first-order chi connectivity index (χ1) is 6.86. The van der Waals surface area contributed by atoms with E-state index in [0.29, 0.717) is 0 Å². The van der Waals surface area contributed by atoms with Crippen LogP contribution in [0.5, 0.6) is 0 Å². The summed E-state index contributed by atoms with van der Waals surface area (Å²) in [5.41, 5.74) is 1.23. The van der Waals surface area contributed by atoms with Crippen LogP contribution in [-0.2, 0) is 6.42 Å². The van der Waals surface area contributed by atoms with Gasteiger partial charge in [-0.3, -0.25) is 4.98 Å². The number of pyridine rings is 1. The molecule has 0 amide bonds. The molecular weight excluding hydrogens is 196 g/mol. The molecule has 2 heterocycles. The van der Waals surface area contributed by atoms with Crippen molar-refractivity contribution in [2.24, 2.45) is 5.92 Å². The lowest BCUT2D eigenvalue weighted by Crippen LogP contribution is -2.30. The Morgan fingerprint density at radius 1 is 1.57 bits per heavy atom. The van der Waals surface area contributed by atoms with Crippen molar-refractivity contribution in [2.75, 3.05) is 13.1 Å². The van der Waals surface area contributed by atoms with Crippen molar-refractivity contribution in [2.45, 2.75) is 19.3 Å². The van der Waals surface area contributed by atoms with Gasteiger partial charge < -0.3 is 5.32 Å². The van der Waals surface area contributed by atoms with E-state index in [0.717, 1.165) is 23.9 Å². The molecule has 1 N–H and O–H groups in total. The fourth-order valence-corrected chi connectivity index (χ4v) is 2.18. The van der Waals surface area contributed by atoms with Gasteiger partial charge in [-0.25, -0.2) is 0 Å². The van der Waals surface area contributed by atoms with Crippen LogP contribution in [0.4, 0.5) is 0 Å². The lowest BCUT2D eigenvalue weighted by Gasteiger charge is -2.22. The summed E-state index contributed by atoms with van der Waals surface area (Å²) in [5, 5.41) is 4.22. The minimum absolute atomic E-state index is 0.739. The molecule has 0 bridgehead atoms. The number of hydrogen-bond acceptors (Lipinski definition) is 2. The zero-order valence-corrected chi connectivity index (χ0v) is 8.93. The second-order valence-electron chi connectivity index (χ2n) is 3.88. The van der Waals surface area contributed by atoms with Gasteiger partial charge in [0.2, 0.25) is 0 Å². The van der Waals surface area contributed by atoms with E-state index in [2.05, 4.69) is 10.3 Å². The molecule has 2 nitrogen and oxygen atoms in total. The van der Waals surface area contributed by atoms with Crippen molar-refractivity contribution >= 4 is 11.6 Å². The Morgan fingerprint density at radius 3 is 3.21 bits per heavy atom. The van der Waals surface area contributed by atoms with Gasteiger partial charge in [-0.2, -0.15) is 0 Å². The average molecular weight is 211 g/mol. The quantitative estimate of drug-likeness (QED) is 0.810. The van der Waals surface area contributed by atoms with E-state index in [4.69, 9.17) is 11.6 Å². The molecular formula is C11H15ClN2. The van der Waals surface area contributed by atoms with Crippen LogP contribution in [-0.4, -0.2) is 18.1 Å². The number of aromatic nitrogens is 1.